The number of nitrogens with one attached hydrogen (secondary N) is 2. The minimum absolute atomic E-state index is 0.209. The van der Waals surface area contributed by atoms with Gasteiger partial charge in [0, 0.05) is 13.0 Å². The van der Waals surface area contributed by atoms with Crippen LogP contribution >= 0.6 is 0 Å². The highest BCUT2D eigenvalue weighted by molar-refractivity contribution is 5.95. The van der Waals surface area contributed by atoms with Crippen LogP contribution in [0.5, 0.6) is 0 Å². The summed E-state index contributed by atoms with van der Waals surface area (Å²) in [7, 11) is 0. The lowest BCUT2D eigenvalue weighted by Crippen LogP contribution is -2.58. The van der Waals surface area contributed by atoms with E-state index < -0.39 is 78.6 Å². The molecule has 0 radical (unpaired) electrons. The number of hydrogen-bond donors (Lipinski definition) is 6. The topological polar surface area (TPSA) is 216 Å². The van der Waals surface area contributed by atoms with Crippen LogP contribution in [0, 0.1) is 5.92 Å². The Kier molecular flexibility index (Phi) is 10.7. The van der Waals surface area contributed by atoms with Crippen LogP contribution in [-0.2, 0) is 28.8 Å². The van der Waals surface area contributed by atoms with Crippen molar-refractivity contribution in [3.8, 4) is 0 Å². The number of amides is 3. The van der Waals surface area contributed by atoms with Gasteiger partial charge in [-0.1, -0.05) is 20.3 Å². The van der Waals surface area contributed by atoms with E-state index in [-0.39, 0.29) is 13.0 Å². The standard InChI is InChI=1S/C20H32N4O9/c1-3-10(2)16(18(30)22-12(20(32)33)6-7-14(25)26)23-17(29)13-5-4-8-24(13)19(31)11(21)9-15(27)28/h10-13,16H,3-9,21H2,1-2H3,(H,22,30)(H,23,29)(H,25,26)(H,27,28)(H,32,33). The van der Waals surface area contributed by atoms with Crippen molar-refractivity contribution in [1.82, 2.24) is 15.5 Å². The zero-order chi connectivity index (χ0) is 25.3. The first kappa shape index (κ1) is 27.8. The highest BCUT2D eigenvalue weighted by atomic mass is 16.4. The van der Waals surface area contributed by atoms with E-state index in [0.717, 1.165) is 0 Å². The van der Waals surface area contributed by atoms with Gasteiger partial charge in [-0.15, -0.1) is 0 Å². The molecule has 1 heterocycles. The van der Waals surface area contributed by atoms with Crippen molar-refractivity contribution in [3.05, 3.63) is 0 Å². The van der Waals surface area contributed by atoms with Gasteiger partial charge in [0.2, 0.25) is 17.7 Å². The van der Waals surface area contributed by atoms with Gasteiger partial charge in [0.05, 0.1) is 12.5 Å². The Hall–Kier alpha value is -3.22. The minimum Gasteiger partial charge on any atom is -0.481 e. The molecule has 1 aliphatic heterocycles. The highest BCUT2D eigenvalue weighted by Gasteiger charge is 2.39. The van der Waals surface area contributed by atoms with Gasteiger partial charge in [-0.25, -0.2) is 4.79 Å². The summed E-state index contributed by atoms with van der Waals surface area (Å²) in [6.45, 7) is 3.66. The monoisotopic (exact) mass is 472 g/mol. The van der Waals surface area contributed by atoms with E-state index in [1.54, 1.807) is 13.8 Å². The number of nitrogens with two attached hydrogens (primary N) is 1. The lowest BCUT2D eigenvalue weighted by atomic mass is 9.97. The normalized spacial score (nSPS) is 19.1. The summed E-state index contributed by atoms with van der Waals surface area (Å²) >= 11 is 0. The first-order valence-corrected chi connectivity index (χ1v) is 10.7. The lowest BCUT2D eigenvalue weighted by Gasteiger charge is -2.30. The predicted molar refractivity (Wildman–Crippen MR) is 113 cm³/mol. The summed E-state index contributed by atoms with van der Waals surface area (Å²) in [5.74, 6) is -6.37. The maximum atomic E-state index is 12.9. The van der Waals surface area contributed by atoms with Crippen LogP contribution in [0.15, 0.2) is 0 Å². The lowest BCUT2D eigenvalue weighted by molar-refractivity contribution is -0.145. The van der Waals surface area contributed by atoms with E-state index in [2.05, 4.69) is 10.6 Å². The van der Waals surface area contributed by atoms with Crippen molar-refractivity contribution in [2.24, 2.45) is 11.7 Å². The molecule has 0 aromatic heterocycles. The molecule has 5 atom stereocenters. The number of nitrogens with zero attached hydrogens (tertiary/aromatic N) is 1. The molecule has 0 spiro atoms. The van der Waals surface area contributed by atoms with Gasteiger partial charge in [-0.3, -0.25) is 24.0 Å². The number of carbonyl (C=O) groups is 6. The molecule has 1 rings (SSSR count). The zero-order valence-corrected chi connectivity index (χ0v) is 18.7. The third kappa shape index (κ3) is 8.33. The predicted octanol–water partition coefficient (Wildman–Crippen LogP) is -1.26. The Labute approximate surface area is 190 Å². The molecule has 186 valence electrons. The molecule has 1 saturated heterocycles. The Morgan fingerprint density at radius 1 is 1.06 bits per heavy atom. The molecule has 0 aliphatic carbocycles. The number of carbonyl (C=O) groups excluding carboxylic acids is 3. The molecule has 33 heavy (non-hydrogen) atoms. The van der Waals surface area contributed by atoms with Crippen LogP contribution in [-0.4, -0.2) is 86.6 Å². The van der Waals surface area contributed by atoms with E-state index in [9.17, 15) is 33.9 Å². The van der Waals surface area contributed by atoms with E-state index in [0.29, 0.717) is 19.3 Å². The van der Waals surface area contributed by atoms with Crippen molar-refractivity contribution >= 4 is 35.6 Å². The molecule has 0 saturated carbocycles. The number of aliphatic carboxylic acids is 3. The Morgan fingerprint density at radius 3 is 2.21 bits per heavy atom. The molecule has 0 aromatic rings. The third-order valence-corrected chi connectivity index (χ3v) is 5.60. The summed E-state index contributed by atoms with van der Waals surface area (Å²) in [5.41, 5.74) is 5.65. The fourth-order valence-electron chi connectivity index (χ4n) is 3.53. The van der Waals surface area contributed by atoms with E-state index in [1.165, 1.54) is 4.90 Å². The van der Waals surface area contributed by atoms with Crippen molar-refractivity contribution in [3.63, 3.8) is 0 Å². The van der Waals surface area contributed by atoms with Gasteiger partial charge in [0.25, 0.3) is 0 Å². The molecule has 13 heteroatoms. The van der Waals surface area contributed by atoms with Gasteiger partial charge in [0.1, 0.15) is 18.1 Å². The first-order valence-electron chi connectivity index (χ1n) is 10.7. The zero-order valence-electron chi connectivity index (χ0n) is 18.7. The van der Waals surface area contributed by atoms with Crippen molar-refractivity contribution in [2.45, 2.75) is 76.5 Å². The second kappa shape index (κ2) is 12.7. The molecule has 1 fully saturated rings. The van der Waals surface area contributed by atoms with Crippen molar-refractivity contribution in [2.75, 3.05) is 6.54 Å². The van der Waals surface area contributed by atoms with Crippen LogP contribution in [0.4, 0.5) is 0 Å². The van der Waals surface area contributed by atoms with Gasteiger partial charge in [0.15, 0.2) is 0 Å². The smallest absolute Gasteiger partial charge is 0.326 e. The highest BCUT2D eigenvalue weighted by Crippen LogP contribution is 2.20. The average molecular weight is 472 g/mol. The van der Waals surface area contributed by atoms with Crippen molar-refractivity contribution < 1.29 is 44.1 Å². The maximum Gasteiger partial charge on any atom is 0.326 e. The Bertz CT molecular complexity index is 773. The maximum absolute atomic E-state index is 12.9. The van der Waals surface area contributed by atoms with Crippen LogP contribution < -0.4 is 16.4 Å². The summed E-state index contributed by atoms with van der Waals surface area (Å²) in [5, 5.41) is 31.8. The molecule has 7 N–H and O–H groups in total. The number of rotatable bonds is 13. The fourth-order valence-corrected chi connectivity index (χ4v) is 3.53. The second-order valence-electron chi connectivity index (χ2n) is 8.10. The summed E-state index contributed by atoms with van der Waals surface area (Å²) in [6, 6.07) is -4.83. The molecule has 13 nitrogen and oxygen atoms in total. The van der Waals surface area contributed by atoms with Crippen LogP contribution in [0.2, 0.25) is 0 Å². The summed E-state index contributed by atoms with van der Waals surface area (Å²) in [6.07, 6.45) is -0.142. The molecule has 1 aliphatic rings. The summed E-state index contributed by atoms with van der Waals surface area (Å²) in [4.78, 5) is 72.4. The average Bonchev–Trinajstić information content (AvgIpc) is 3.22. The fraction of sp³-hybridized carbons (Fsp3) is 0.700. The SMILES string of the molecule is CCC(C)C(NC(=O)C1CCCN1C(=O)C(N)CC(=O)O)C(=O)NC(CCC(=O)O)C(=O)O. The Balaban J connectivity index is 2.94. The Morgan fingerprint density at radius 2 is 1.70 bits per heavy atom. The molecular weight excluding hydrogens is 440 g/mol. The third-order valence-electron chi connectivity index (χ3n) is 5.60. The van der Waals surface area contributed by atoms with Gasteiger partial charge < -0.3 is 36.6 Å². The molecular formula is C20H32N4O9. The number of likely N-dealkylation sites (tertiary alicyclic amines) is 1. The van der Waals surface area contributed by atoms with Gasteiger partial charge >= 0.3 is 17.9 Å². The van der Waals surface area contributed by atoms with E-state index in [4.69, 9.17) is 15.9 Å². The number of hydrogen-bond acceptors (Lipinski definition) is 7. The summed E-state index contributed by atoms with van der Waals surface area (Å²) < 4.78 is 0. The molecule has 0 aromatic carbocycles. The molecule has 0 bridgehead atoms. The quantitative estimate of drug-likeness (QED) is 0.187. The van der Waals surface area contributed by atoms with Crippen molar-refractivity contribution in [1.29, 1.82) is 0 Å². The van der Waals surface area contributed by atoms with Crippen LogP contribution in [0.25, 0.3) is 0 Å². The number of carboxylic acid groups (broad SMARTS) is 3. The molecule has 3 amide bonds. The van der Waals surface area contributed by atoms with E-state index in [1.807, 2.05) is 0 Å². The number of carboxylic acids is 3. The minimum atomic E-state index is -1.45. The second-order valence-corrected chi connectivity index (χ2v) is 8.10. The molecule has 5 unspecified atom stereocenters. The van der Waals surface area contributed by atoms with Gasteiger partial charge in [-0.2, -0.15) is 0 Å². The first-order chi connectivity index (χ1) is 15.4. The van der Waals surface area contributed by atoms with E-state index >= 15 is 0 Å². The largest absolute Gasteiger partial charge is 0.481 e. The van der Waals surface area contributed by atoms with Crippen LogP contribution in [0.3, 0.4) is 0 Å². The van der Waals surface area contributed by atoms with Gasteiger partial charge in [-0.05, 0) is 25.2 Å². The van der Waals surface area contributed by atoms with Crippen LogP contribution in [0.1, 0.15) is 52.4 Å².